The van der Waals surface area contributed by atoms with Gasteiger partial charge in [-0.15, -0.1) is 0 Å². The predicted molar refractivity (Wildman–Crippen MR) is 113 cm³/mol. The van der Waals surface area contributed by atoms with E-state index in [-0.39, 0.29) is 18.3 Å². The zero-order valence-electron chi connectivity index (χ0n) is 16.8. The van der Waals surface area contributed by atoms with Crippen molar-refractivity contribution < 1.29 is 18.7 Å². The molecule has 0 saturated heterocycles. The summed E-state index contributed by atoms with van der Waals surface area (Å²) in [5.41, 5.74) is 4.18. The lowest BCUT2D eigenvalue weighted by Gasteiger charge is -2.21. The van der Waals surface area contributed by atoms with Gasteiger partial charge in [-0.25, -0.2) is 4.39 Å². The van der Waals surface area contributed by atoms with Crippen molar-refractivity contribution in [3.63, 3.8) is 0 Å². The van der Waals surface area contributed by atoms with Gasteiger partial charge in [-0.1, -0.05) is 18.2 Å². The van der Waals surface area contributed by atoms with Gasteiger partial charge in [0.15, 0.2) is 0 Å². The largest absolute Gasteiger partial charge is 0.465 e. The summed E-state index contributed by atoms with van der Waals surface area (Å²) in [4.78, 5) is 13.6. The Kier molecular flexibility index (Phi) is 6.50. The van der Waals surface area contributed by atoms with Gasteiger partial charge in [0.05, 0.1) is 6.61 Å². The van der Waals surface area contributed by atoms with Crippen molar-refractivity contribution in [1.29, 1.82) is 0 Å². The Bertz CT molecular complexity index is 968. The molecule has 29 heavy (non-hydrogen) atoms. The summed E-state index contributed by atoms with van der Waals surface area (Å²) in [6.45, 7) is 4.41. The van der Waals surface area contributed by atoms with Crippen molar-refractivity contribution in [2.24, 2.45) is 0 Å². The predicted octanol–water partition coefficient (Wildman–Crippen LogP) is 5.59. The molecule has 0 unspecified atom stereocenters. The second kappa shape index (κ2) is 9.24. The van der Waals surface area contributed by atoms with Crippen LogP contribution in [-0.4, -0.2) is 26.2 Å². The monoisotopic (exact) mass is 393 g/mol. The highest BCUT2D eigenvalue weighted by Crippen LogP contribution is 2.29. The number of carbonyl (C=O) groups is 1. The normalized spacial score (nSPS) is 10.5. The van der Waals surface area contributed by atoms with E-state index >= 15 is 0 Å². The second-order valence-electron chi connectivity index (χ2n) is 6.74. The lowest BCUT2D eigenvalue weighted by Crippen LogP contribution is -2.27. The number of esters is 1. The molecule has 3 aromatic rings. The number of carbonyl (C=O) groups excluding carboxylic acids is 1. The fraction of sp³-hybridized carbons (Fsp3) is 0.208. The van der Waals surface area contributed by atoms with Gasteiger partial charge >= 0.3 is 5.97 Å². The molecule has 0 aliphatic rings. The first-order chi connectivity index (χ1) is 14.0. The number of aryl methyl sites for hydroxylation is 1. The Balaban J connectivity index is 1.71. The number of hydrogen-bond donors (Lipinski definition) is 0. The van der Waals surface area contributed by atoms with Gasteiger partial charge in [0.2, 0.25) is 0 Å². The summed E-state index contributed by atoms with van der Waals surface area (Å²) in [6.07, 6.45) is 0. The number of anilines is 1. The average Bonchev–Trinajstić information content (AvgIpc) is 2.70. The number of ether oxygens (including phenoxy) is 2. The van der Waals surface area contributed by atoms with Crippen LogP contribution in [0.5, 0.6) is 11.5 Å². The number of nitrogens with zero attached hydrogens (tertiary/aromatic N) is 1. The summed E-state index contributed by atoms with van der Waals surface area (Å²) in [6, 6.07) is 19.8. The number of hydrogen-bond acceptors (Lipinski definition) is 4. The van der Waals surface area contributed by atoms with E-state index in [1.165, 1.54) is 12.1 Å². The van der Waals surface area contributed by atoms with Gasteiger partial charge < -0.3 is 14.4 Å². The molecule has 0 atom stereocenters. The molecule has 3 rings (SSSR count). The van der Waals surface area contributed by atoms with Gasteiger partial charge in [-0.2, -0.15) is 0 Å². The van der Waals surface area contributed by atoms with Crippen LogP contribution in [0.2, 0.25) is 0 Å². The third kappa shape index (κ3) is 5.35. The van der Waals surface area contributed by atoms with Crippen LogP contribution in [0.3, 0.4) is 0 Å². The van der Waals surface area contributed by atoms with E-state index in [9.17, 15) is 9.18 Å². The summed E-state index contributed by atoms with van der Waals surface area (Å²) >= 11 is 0. The maximum atomic E-state index is 13.0. The molecule has 4 nitrogen and oxygen atoms in total. The molecule has 0 radical (unpaired) electrons. The molecule has 0 spiro atoms. The Hall–Kier alpha value is -3.34. The highest BCUT2D eigenvalue weighted by atomic mass is 19.1. The SMILES string of the molecule is CCOC(=O)CN(C)c1ccc(-c2ccc(Oc3ccc(F)cc3)cc2)cc1C. The van der Waals surface area contributed by atoms with Crippen molar-refractivity contribution in [3.8, 4) is 22.6 Å². The van der Waals surface area contributed by atoms with Crippen LogP contribution in [0.25, 0.3) is 11.1 Å². The Morgan fingerprint density at radius 3 is 2.10 bits per heavy atom. The average molecular weight is 393 g/mol. The number of likely N-dealkylation sites (N-methyl/N-ethyl adjacent to an activating group) is 1. The second-order valence-corrected chi connectivity index (χ2v) is 6.74. The lowest BCUT2D eigenvalue weighted by molar-refractivity contribution is -0.141. The van der Waals surface area contributed by atoms with Crippen molar-refractivity contribution >= 4 is 11.7 Å². The fourth-order valence-electron chi connectivity index (χ4n) is 3.10. The van der Waals surface area contributed by atoms with Crippen molar-refractivity contribution in [2.75, 3.05) is 25.1 Å². The van der Waals surface area contributed by atoms with Gasteiger partial charge in [0.25, 0.3) is 0 Å². The zero-order valence-corrected chi connectivity index (χ0v) is 16.8. The van der Waals surface area contributed by atoms with Crippen LogP contribution in [-0.2, 0) is 9.53 Å². The molecule has 0 aliphatic heterocycles. The molecule has 5 heteroatoms. The van der Waals surface area contributed by atoms with E-state index in [2.05, 4.69) is 6.07 Å². The van der Waals surface area contributed by atoms with Gasteiger partial charge in [0, 0.05) is 12.7 Å². The van der Waals surface area contributed by atoms with Crippen LogP contribution in [0.4, 0.5) is 10.1 Å². The van der Waals surface area contributed by atoms with Crippen LogP contribution >= 0.6 is 0 Å². The van der Waals surface area contributed by atoms with Crippen molar-refractivity contribution in [2.45, 2.75) is 13.8 Å². The molecular weight excluding hydrogens is 369 g/mol. The van der Waals surface area contributed by atoms with Crippen molar-refractivity contribution in [1.82, 2.24) is 0 Å². The summed E-state index contributed by atoms with van der Waals surface area (Å²) in [7, 11) is 1.88. The van der Waals surface area contributed by atoms with Gasteiger partial charge in [-0.05, 0) is 79.1 Å². The van der Waals surface area contributed by atoms with Gasteiger partial charge in [0.1, 0.15) is 23.9 Å². The van der Waals surface area contributed by atoms with Crippen LogP contribution in [0.15, 0.2) is 66.7 Å². The van der Waals surface area contributed by atoms with E-state index in [0.717, 1.165) is 22.4 Å². The van der Waals surface area contributed by atoms with Crippen LogP contribution in [0, 0.1) is 12.7 Å². The topological polar surface area (TPSA) is 38.8 Å². The first-order valence-electron chi connectivity index (χ1n) is 9.47. The minimum atomic E-state index is -0.292. The van der Waals surface area contributed by atoms with E-state index < -0.39 is 0 Å². The van der Waals surface area contributed by atoms with E-state index in [0.29, 0.717) is 18.1 Å². The highest BCUT2D eigenvalue weighted by Gasteiger charge is 2.11. The molecule has 0 aliphatic carbocycles. The Morgan fingerprint density at radius 2 is 1.52 bits per heavy atom. The molecule has 0 heterocycles. The molecule has 0 bridgehead atoms. The lowest BCUT2D eigenvalue weighted by atomic mass is 10.0. The maximum Gasteiger partial charge on any atom is 0.325 e. The Labute approximate surface area is 170 Å². The van der Waals surface area contributed by atoms with E-state index in [4.69, 9.17) is 9.47 Å². The molecule has 0 aromatic heterocycles. The molecule has 0 amide bonds. The summed E-state index contributed by atoms with van der Waals surface area (Å²) < 4.78 is 23.7. The quantitative estimate of drug-likeness (QED) is 0.490. The minimum absolute atomic E-state index is 0.212. The molecule has 3 aromatic carbocycles. The number of halogens is 1. The summed E-state index contributed by atoms with van der Waals surface area (Å²) in [5, 5.41) is 0. The number of benzene rings is 3. The minimum Gasteiger partial charge on any atom is -0.465 e. The van der Waals surface area contributed by atoms with Crippen LogP contribution < -0.4 is 9.64 Å². The molecule has 0 fully saturated rings. The first kappa shape index (κ1) is 20.4. The standard InChI is InChI=1S/C24H24FNO3/c1-4-28-24(27)16-26(3)23-14-7-19(15-17(23)2)18-5-10-21(11-6-18)29-22-12-8-20(25)9-13-22/h5-15H,4,16H2,1-3H3. The zero-order chi connectivity index (χ0) is 20.8. The Morgan fingerprint density at radius 1 is 0.931 bits per heavy atom. The summed E-state index contributed by atoms with van der Waals surface area (Å²) in [5.74, 6) is 0.737. The van der Waals surface area contributed by atoms with Gasteiger partial charge in [-0.3, -0.25) is 4.79 Å². The smallest absolute Gasteiger partial charge is 0.325 e. The molecule has 150 valence electrons. The third-order valence-electron chi connectivity index (χ3n) is 4.52. The molecular formula is C24H24FNO3. The van der Waals surface area contributed by atoms with E-state index in [1.54, 1.807) is 19.1 Å². The van der Waals surface area contributed by atoms with Crippen molar-refractivity contribution in [3.05, 3.63) is 78.1 Å². The molecule has 0 saturated carbocycles. The first-order valence-corrected chi connectivity index (χ1v) is 9.47. The highest BCUT2D eigenvalue weighted by molar-refractivity contribution is 5.77. The molecule has 0 N–H and O–H groups in total. The van der Waals surface area contributed by atoms with Crippen LogP contribution in [0.1, 0.15) is 12.5 Å². The maximum absolute atomic E-state index is 13.0. The third-order valence-corrected chi connectivity index (χ3v) is 4.52. The fourth-order valence-corrected chi connectivity index (χ4v) is 3.10. The van der Waals surface area contributed by atoms with E-state index in [1.807, 2.05) is 55.3 Å². The number of rotatable bonds is 7.